The molecule has 0 fully saturated rings. The smallest absolute Gasteiger partial charge is 0.167 e. The summed E-state index contributed by atoms with van der Waals surface area (Å²) in [5.74, 6) is -0.331. The van der Waals surface area contributed by atoms with Gasteiger partial charge in [0.2, 0.25) is 0 Å². The highest BCUT2D eigenvalue weighted by Gasteiger charge is 2.28. The fourth-order valence-electron chi connectivity index (χ4n) is 3.14. The molecule has 0 unspecified atom stereocenters. The van der Waals surface area contributed by atoms with Gasteiger partial charge in [-0.1, -0.05) is 51.9 Å². The van der Waals surface area contributed by atoms with E-state index in [-0.39, 0.29) is 5.79 Å². The van der Waals surface area contributed by atoms with Crippen molar-refractivity contribution < 1.29 is 9.47 Å². The van der Waals surface area contributed by atoms with Crippen LogP contribution in [0, 0.1) is 0 Å². The SMILES string of the molecule is CCOC(CC)(CCCCCCCCCCCN=C(C)C)OCC. The molecular formula is C21H43NO2. The third kappa shape index (κ3) is 12.9. The molecule has 0 aromatic heterocycles. The van der Waals surface area contributed by atoms with Crippen molar-refractivity contribution in [2.45, 2.75) is 111 Å². The van der Waals surface area contributed by atoms with Crippen LogP contribution >= 0.6 is 0 Å². The Kier molecular flexibility index (Phi) is 15.8. The molecule has 0 atom stereocenters. The fourth-order valence-corrected chi connectivity index (χ4v) is 3.14. The van der Waals surface area contributed by atoms with Crippen LogP contribution in [-0.4, -0.2) is 31.3 Å². The number of nitrogens with zero attached hydrogens (tertiary/aromatic N) is 1. The van der Waals surface area contributed by atoms with Gasteiger partial charge < -0.3 is 9.47 Å². The maximum Gasteiger partial charge on any atom is 0.167 e. The Bertz CT molecular complexity index is 292. The third-order valence-electron chi connectivity index (χ3n) is 4.50. The van der Waals surface area contributed by atoms with Crippen LogP contribution in [0.4, 0.5) is 0 Å². The molecule has 0 aromatic rings. The quantitative estimate of drug-likeness (QED) is 0.171. The molecule has 3 heteroatoms. The molecule has 0 aromatic carbocycles. The molecule has 0 heterocycles. The van der Waals surface area contributed by atoms with E-state index in [4.69, 9.17) is 9.47 Å². The third-order valence-corrected chi connectivity index (χ3v) is 4.50. The Balaban J connectivity index is 3.53. The summed E-state index contributed by atoms with van der Waals surface area (Å²) in [7, 11) is 0. The standard InChI is InChI=1S/C21H43NO2/c1-6-21(23-7-2,24-8-3)18-16-14-12-10-9-11-13-15-17-19-22-20(4)5/h6-19H2,1-5H3. The second kappa shape index (κ2) is 16.1. The number of ether oxygens (including phenoxy) is 2. The van der Waals surface area contributed by atoms with Crippen molar-refractivity contribution in [3.63, 3.8) is 0 Å². The lowest BCUT2D eigenvalue weighted by Crippen LogP contribution is -2.35. The number of unbranched alkanes of at least 4 members (excludes halogenated alkanes) is 8. The van der Waals surface area contributed by atoms with Crippen LogP contribution in [-0.2, 0) is 9.47 Å². The molecule has 0 bridgehead atoms. The van der Waals surface area contributed by atoms with Crippen molar-refractivity contribution in [1.29, 1.82) is 0 Å². The Morgan fingerprint density at radius 3 is 1.58 bits per heavy atom. The summed E-state index contributed by atoms with van der Waals surface area (Å²) in [6.45, 7) is 12.9. The first kappa shape index (κ1) is 23.6. The molecule has 0 saturated carbocycles. The zero-order valence-corrected chi connectivity index (χ0v) is 17.2. The van der Waals surface area contributed by atoms with Gasteiger partial charge in [0, 0.05) is 31.9 Å². The highest BCUT2D eigenvalue weighted by atomic mass is 16.7. The first-order valence-electron chi connectivity index (χ1n) is 10.4. The van der Waals surface area contributed by atoms with Crippen molar-refractivity contribution in [2.24, 2.45) is 4.99 Å². The van der Waals surface area contributed by atoms with E-state index in [2.05, 4.69) is 39.6 Å². The molecule has 0 radical (unpaired) electrons. The molecule has 0 amide bonds. The van der Waals surface area contributed by atoms with Gasteiger partial charge in [-0.3, -0.25) is 4.99 Å². The van der Waals surface area contributed by atoms with E-state index in [0.29, 0.717) is 0 Å². The van der Waals surface area contributed by atoms with Gasteiger partial charge >= 0.3 is 0 Å². The normalized spacial score (nSPS) is 11.7. The fraction of sp³-hybridized carbons (Fsp3) is 0.952. The van der Waals surface area contributed by atoms with Gasteiger partial charge in [-0.2, -0.15) is 0 Å². The molecule has 0 saturated heterocycles. The van der Waals surface area contributed by atoms with Crippen LogP contribution < -0.4 is 0 Å². The molecule has 3 nitrogen and oxygen atoms in total. The van der Waals surface area contributed by atoms with E-state index in [9.17, 15) is 0 Å². The van der Waals surface area contributed by atoms with Gasteiger partial charge in [0.15, 0.2) is 5.79 Å². The second-order valence-electron chi connectivity index (χ2n) is 6.89. The van der Waals surface area contributed by atoms with Crippen LogP contribution in [0.3, 0.4) is 0 Å². The molecule has 24 heavy (non-hydrogen) atoms. The predicted molar refractivity (Wildman–Crippen MR) is 106 cm³/mol. The number of rotatable bonds is 17. The first-order chi connectivity index (χ1) is 11.6. The predicted octanol–water partition coefficient (Wildman–Crippen LogP) is 6.55. The maximum atomic E-state index is 5.89. The monoisotopic (exact) mass is 341 g/mol. The Morgan fingerprint density at radius 1 is 0.708 bits per heavy atom. The van der Waals surface area contributed by atoms with E-state index >= 15 is 0 Å². The number of hydrogen-bond acceptors (Lipinski definition) is 3. The van der Waals surface area contributed by atoms with Crippen LogP contribution in [0.1, 0.15) is 105 Å². The zero-order valence-electron chi connectivity index (χ0n) is 17.2. The van der Waals surface area contributed by atoms with Crippen LogP contribution in [0.5, 0.6) is 0 Å². The zero-order chi connectivity index (χ0) is 18.1. The molecule has 0 N–H and O–H groups in total. The van der Waals surface area contributed by atoms with Crippen LogP contribution in [0.25, 0.3) is 0 Å². The van der Waals surface area contributed by atoms with Gasteiger partial charge in [-0.15, -0.1) is 0 Å². The number of aliphatic imine (C=N–C) groups is 1. The van der Waals surface area contributed by atoms with Gasteiger partial charge in [0.1, 0.15) is 0 Å². The van der Waals surface area contributed by atoms with Crippen molar-refractivity contribution in [3.8, 4) is 0 Å². The van der Waals surface area contributed by atoms with Gasteiger partial charge in [0.05, 0.1) is 0 Å². The highest BCUT2D eigenvalue weighted by molar-refractivity contribution is 5.78. The van der Waals surface area contributed by atoms with Gasteiger partial charge in [0.25, 0.3) is 0 Å². The molecular weight excluding hydrogens is 298 g/mol. The van der Waals surface area contributed by atoms with E-state index in [1.54, 1.807) is 0 Å². The number of hydrogen-bond donors (Lipinski definition) is 0. The van der Waals surface area contributed by atoms with Crippen molar-refractivity contribution >= 4 is 5.71 Å². The first-order valence-corrected chi connectivity index (χ1v) is 10.4. The summed E-state index contributed by atoms with van der Waals surface area (Å²) in [5, 5.41) is 0. The lowest BCUT2D eigenvalue weighted by atomic mass is 10.0. The molecule has 0 aliphatic carbocycles. The summed E-state index contributed by atoms with van der Waals surface area (Å²) < 4.78 is 11.8. The molecule has 0 spiro atoms. The average molecular weight is 342 g/mol. The van der Waals surface area contributed by atoms with Crippen molar-refractivity contribution in [3.05, 3.63) is 0 Å². The summed E-state index contributed by atoms with van der Waals surface area (Å²) in [4.78, 5) is 4.44. The summed E-state index contributed by atoms with van der Waals surface area (Å²) in [6.07, 6.45) is 13.9. The largest absolute Gasteiger partial charge is 0.350 e. The Hall–Kier alpha value is -0.410. The van der Waals surface area contributed by atoms with Crippen molar-refractivity contribution in [2.75, 3.05) is 19.8 Å². The molecule has 0 rings (SSSR count). The highest BCUT2D eigenvalue weighted by Crippen LogP contribution is 2.25. The molecule has 0 aliphatic heterocycles. The van der Waals surface area contributed by atoms with Crippen LogP contribution in [0.15, 0.2) is 4.99 Å². The molecule has 0 aliphatic rings. The van der Waals surface area contributed by atoms with E-state index in [0.717, 1.165) is 32.6 Å². The summed E-state index contributed by atoms with van der Waals surface area (Å²) in [6, 6.07) is 0. The van der Waals surface area contributed by atoms with Gasteiger partial charge in [-0.05, 0) is 47.0 Å². The van der Waals surface area contributed by atoms with E-state index in [1.807, 2.05) is 0 Å². The lowest BCUT2D eigenvalue weighted by Gasteiger charge is -2.32. The minimum absolute atomic E-state index is 0.331. The topological polar surface area (TPSA) is 30.8 Å². The Labute approximate surface area is 151 Å². The average Bonchev–Trinajstić information content (AvgIpc) is 2.55. The second-order valence-corrected chi connectivity index (χ2v) is 6.89. The molecule has 144 valence electrons. The lowest BCUT2D eigenvalue weighted by molar-refractivity contribution is -0.239. The summed E-state index contributed by atoms with van der Waals surface area (Å²) in [5.41, 5.74) is 1.20. The maximum absolute atomic E-state index is 5.89. The minimum atomic E-state index is -0.331. The van der Waals surface area contributed by atoms with E-state index in [1.165, 1.54) is 63.5 Å². The van der Waals surface area contributed by atoms with Crippen LogP contribution in [0.2, 0.25) is 0 Å². The summed E-state index contributed by atoms with van der Waals surface area (Å²) >= 11 is 0. The minimum Gasteiger partial charge on any atom is -0.350 e. The van der Waals surface area contributed by atoms with Crippen molar-refractivity contribution in [1.82, 2.24) is 0 Å². The van der Waals surface area contributed by atoms with Gasteiger partial charge in [-0.25, -0.2) is 0 Å². The Morgan fingerprint density at radius 2 is 1.17 bits per heavy atom. The van der Waals surface area contributed by atoms with E-state index < -0.39 is 0 Å².